The number of esters is 1. The maximum atomic E-state index is 11.7. The van der Waals surface area contributed by atoms with Gasteiger partial charge in [0.05, 0.1) is 20.3 Å². The van der Waals surface area contributed by atoms with Crippen molar-refractivity contribution in [2.45, 2.75) is 25.9 Å². The highest BCUT2D eigenvalue weighted by Crippen LogP contribution is 2.22. The number of hydrogen-bond donors (Lipinski definition) is 0. The molecule has 5 nitrogen and oxygen atoms in total. The monoisotopic (exact) mass is 434 g/mol. The highest BCUT2D eigenvalue weighted by atomic mass is 16.6. The fourth-order valence-electron chi connectivity index (χ4n) is 3.39. The van der Waals surface area contributed by atoms with Gasteiger partial charge in [0.2, 0.25) is 0 Å². The van der Waals surface area contributed by atoms with Crippen LogP contribution in [-0.4, -0.2) is 39.5 Å². The lowest BCUT2D eigenvalue weighted by Crippen LogP contribution is -2.26. The average molecular weight is 435 g/mol. The minimum Gasteiger partial charge on any atom is -0.493 e. The zero-order chi connectivity index (χ0) is 22.8. The van der Waals surface area contributed by atoms with E-state index in [1.165, 1.54) is 25.3 Å². The summed E-state index contributed by atoms with van der Waals surface area (Å²) >= 11 is 0. The molecular formula is C27H30O5. The van der Waals surface area contributed by atoms with Crippen molar-refractivity contribution in [3.63, 3.8) is 0 Å². The molecule has 0 amide bonds. The van der Waals surface area contributed by atoms with Crippen molar-refractivity contribution in [3.05, 3.63) is 83.9 Å². The van der Waals surface area contributed by atoms with Gasteiger partial charge < -0.3 is 18.9 Å². The van der Waals surface area contributed by atoms with Crippen molar-refractivity contribution in [2.24, 2.45) is 0 Å². The quantitative estimate of drug-likeness (QED) is 0.305. The van der Waals surface area contributed by atoms with Crippen LogP contribution in [-0.2, 0) is 20.7 Å². The molecule has 0 saturated heterocycles. The number of carbonyl (C=O) groups is 1. The predicted molar refractivity (Wildman–Crippen MR) is 125 cm³/mol. The molecule has 1 atom stereocenters. The van der Waals surface area contributed by atoms with Gasteiger partial charge in [-0.25, -0.2) is 4.79 Å². The summed E-state index contributed by atoms with van der Waals surface area (Å²) in [5, 5.41) is 0. The van der Waals surface area contributed by atoms with Gasteiger partial charge in [-0.2, -0.15) is 0 Å². The molecule has 0 aliphatic carbocycles. The molecule has 0 aromatic heterocycles. The number of ether oxygens (including phenoxy) is 4. The summed E-state index contributed by atoms with van der Waals surface area (Å²) in [5.41, 5.74) is 4.43. The van der Waals surface area contributed by atoms with Crippen LogP contribution in [0.2, 0.25) is 0 Å². The van der Waals surface area contributed by atoms with Gasteiger partial charge in [-0.1, -0.05) is 48.5 Å². The third kappa shape index (κ3) is 6.59. The topological polar surface area (TPSA) is 54.0 Å². The number of rotatable bonds is 11. The first-order valence-corrected chi connectivity index (χ1v) is 10.7. The smallest absolute Gasteiger partial charge is 0.335 e. The largest absolute Gasteiger partial charge is 0.493 e. The van der Waals surface area contributed by atoms with E-state index in [2.05, 4.69) is 24.3 Å². The van der Waals surface area contributed by atoms with Gasteiger partial charge >= 0.3 is 5.97 Å². The fraction of sp³-hybridized carbons (Fsp3) is 0.296. The molecule has 0 saturated carbocycles. The molecule has 3 aromatic rings. The maximum Gasteiger partial charge on any atom is 0.335 e. The van der Waals surface area contributed by atoms with Gasteiger partial charge in [0.1, 0.15) is 11.5 Å². The molecule has 0 heterocycles. The third-order valence-corrected chi connectivity index (χ3v) is 5.26. The molecule has 32 heavy (non-hydrogen) atoms. The minimum absolute atomic E-state index is 0.373. The van der Waals surface area contributed by atoms with Crippen LogP contribution in [0, 0.1) is 6.92 Å². The van der Waals surface area contributed by atoms with E-state index >= 15 is 0 Å². The fourth-order valence-corrected chi connectivity index (χ4v) is 3.39. The Kier molecular flexibility index (Phi) is 8.70. The number of hydrogen-bond acceptors (Lipinski definition) is 5. The molecule has 3 aromatic carbocycles. The summed E-state index contributed by atoms with van der Waals surface area (Å²) in [7, 11) is 2.87. The summed E-state index contributed by atoms with van der Waals surface area (Å²) < 4.78 is 21.7. The zero-order valence-electron chi connectivity index (χ0n) is 18.9. The average Bonchev–Trinajstić information content (AvgIpc) is 2.84. The Bertz CT molecular complexity index is 983. The molecule has 0 N–H and O–H groups in total. The van der Waals surface area contributed by atoms with Crippen LogP contribution < -0.4 is 9.47 Å². The van der Waals surface area contributed by atoms with Crippen LogP contribution in [0.25, 0.3) is 11.1 Å². The maximum absolute atomic E-state index is 11.7. The number of carbonyl (C=O) groups excluding carboxylic acids is 1. The van der Waals surface area contributed by atoms with E-state index < -0.39 is 6.10 Å². The van der Waals surface area contributed by atoms with Crippen LogP contribution >= 0.6 is 0 Å². The standard InChI is InChI=1S/C27H30O5/c1-20-18-25(15-12-23(20)19-26(29-2)27(28)30-3)32-17-7-16-31-24-13-10-22(11-14-24)21-8-5-4-6-9-21/h4-6,8-15,18,26H,7,16-17,19H2,1-3H3. The molecule has 0 radical (unpaired) electrons. The predicted octanol–water partition coefficient (Wildman–Crippen LogP) is 5.24. The van der Waals surface area contributed by atoms with E-state index in [-0.39, 0.29) is 5.97 Å². The van der Waals surface area contributed by atoms with Crippen molar-refractivity contribution in [2.75, 3.05) is 27.4 Å². The molecule has 5 heteroatoms. The Morgan fingerprint density at radius 3 is 2.06 bits per heavy atom. The van der Waals surface area contributed by atoms with Gasteiger partial charge in [0.15, 0.2) is 6.10 Å². The second-order valence-electron chi connectivity index (χ2n) is 7.48. The molecule has 168 valence electrons. The SMILES string of the molecule is COC(=O)C(Cc1ccc(OCCCOc2ccc(-c3ccccc3)cc2)cc1C)OC. The highest BCUT2D eigenvalue weighted by molar-refractivity contribution is 5.75. The van der Waals surface area contributed by atoms with Crippen LogP contribution in [0.5, 0.6) is 11.5 Å². The summed E-state index contributed by atoms with van der Waals surface area (Å²) in [6, 6.07) is 24.2. The molecule has 0 aliphatic rings. The first-order valence-electron chi connectivity index (χ1n) is 10.7. The minimum atomic E-state index is -0.607. The van der Waals surface area contributed by atoms with Crippen molar-refractivity contribution < 1.29 is 23.7 Å². The van der Waals surface area contributed by atoms with Crippen molar-refractivity contribution in [1.29, 1.82) is 0 Å². The molecule has 0 bridgehead atoms. The van der Waals surface area contributed by atoms with Gasteiger partial charge in [-0.3, -0.25) is 0 Å². The Labute approximate surface area is 189 Å². The molecule has 0 fully saturated rings. The Morgan fingerprint density at radius 1 is 0.812 bits per heavy atom. The van der Waals surface area contributed by atoms with Crippen molar-refractivity contribution >= 4 is 5.97 Å². The summed E-state index contributed by atoms with van der Waals surface area (Å²) in [6.07, 6.45) is 0.631. The van der Waals surface area contributed by atoms with Gasteiger partial charge in [-0.15, -0.1) is 0 Å². The molecular weight excluding hydrogens is 404 g/mol. The summed E-state index contributed by atoms with van der Waals surface area (Å²) in [6.45, 7) is 3.13. The van der Waals surface area contributed by atoms with Gasteiger partial charge in [0, 0.05) is 20.0 Å². The second kappa shape index (κ2) is 11.9. The van der Waals surface area contributed by atoms with Gasteiger partial charge in [0.25, 0.3) is 0 Å². The van der Waals surface area contributed by atoms with E-state index in [0.717, 1.165) is 29.0 Å². The van der Waals surface area contributed by atoms with E-state index in [1.807, 2.05) is 55.5 Å². The first kappa shape index (κ1) is 23.4. The molecule has 1 unspecified atom stereocenters. The van der Waals surface area contributed by atoms with E-state index in [9.17, 15) is 4.79 Å². The van der Waals surface area contributed by atoms with E-state index in [0.29, 0.717) is 19.6 Å². The lowest BCUT2D eigenvalue weighted by atomic mass is 10.0. The molecule has 3 rings (SSSR count). The lowest BCUT2D eigenvalue weighted by molar-refractivity contribution is -0.152. The van der Waals surface area contributed by atoms with Crippen molar-refractivity contribution in [3.8, 4) is 22.6 Å². The van der Waals surface area contributed by atoms with E-state index in [1.54, 1.807) is 0 Å². The van der Waals surface area contributed by atoms with Crippen LogP contribution in [0.3, 0.4) is 0 Å². The molecule has 0 spiro atoms. The molecule has 0 aliphatic heterocycles. The number of methoxy groups -OCH3 is 2. The van der Waals surface area contributed by atoms with Crippen LogP contribution in [0.15, 0.2) is 72.8 Å². The Hall–Kier alpha value is -3.31. The first-order chi connectivity index (χ1) is 15.6. The third-order valence-electron chi connectivity index (χ3n) is 5.26. The van der Waals surface area contributed by atoms with E-state index in [4.69, 9.17) is 18.9 Å². The van der Waals surface area contributed by atoms with Crippen LogP contribution in [0.4, 0.5) is 0 Å². The van der Waals surface area contributed by atoms with Gasteiger partial charge in [-0.05, 0) is 53.4 Å². The Balaban J connectivity index is 1.42. The Morgan fingerprint density at radius 2 is 1.44 bits per heavy atom. The lowest BCUT2D eigenvalue weighted by Gasteiger charge is -2.15. The number of aryl methyl sites for hydroxylation is 1. The number of benzene rings is 3. The normalized spacial score (nSPS) is 11.6. The van der Waals surface area contributed by atoms with Crippen molar-refractivity contribution in [1.82, 2.24) is 0 Å². The zero-order valence-corrected chi connectivity index (χ0v) is 18.9. The second-order valence-corrected chi connectivity index (χ2v) is 7.48. The summed E-state index contributed by atoms with van der Waals surface area (Å²) in [4.78, 5) is 11.7. The van der Waals surface area contributed by atoms with Crippen LogP contribution in [0.1, 0.15) is 17.5 Å². The highest BCUT2D eigenvalue weighted by Gasteiger charge is 2.19. The summed E-state index contributed by atoms with van der Waals surface area (Å²) in [5.74, 6) is 1.27.